The van der Waals surface area contributed by atoms with E-state index in [0.29, 0.717) is 5.02 Å². The van der Waals surface area contributed by atoms with Crippen molar-refractivity contribution in [2.45, 2.75) is 0 Å². The summed E-state index contributed by atoms with van der Waals surface area (Å²) in [5, 5.41) is 7.64. The van der Waals surface area contributed by atoms with Crippen LogP contribution in [0.5, 0.6) is 0 Å². The zero-order chi connectivity index (χ0) is 16.9. The summed E-state index contributed by atoms with van der Waals surface area (Å²) in [6.07, 6.45) is 1.70. The minimum absolute atomic E-state index is 0.663. The number of benzene rings is 2. The smallest absolute Gasteiger partial charge is 0.203 e. The molecule has 4 nitrogen and oxygen atoms in total. The van der Waals surface area contributed by atoms with E-state index in [-0.39, 0.29) is 0 Å². The third-order valence-corrected chi connectivity index (χ3v) is 4.51. The Morgan fingerprint density at radius 2 is 1.96 bits per heavy atom. The van der Waals surface area contributed by atoms with Crippen molar-refractivity contribution in [2.75, 3.05) is 24.4 Å². The van der Waals surface area contributed by atoms with Crippen LogP contribution in [0.2, 0.25) is 5.02 Å². The SMILES string of the molecule is CN(C)c1ccc(C=NNc2nc(-c3ccccc3)cs2)c(Cl)c1. The van der Waals surface area contributed by atoms with Crippen molar-refractivity contribution in [3.63, 3.8) is 0 Å². The average Bonchev–Trinajstić information content (AvgIpc) is 3.06. The highest BCUT2D eigenvalue weighted by Gasteiger charge is 2.04. The first kappa shape index (κ1) is 16.5. The van der Waals surface area contributed by atoms with Crippen LogP contribution in [0.1, 0.15) is 5.56 Å². The van der Waals surface area contributed by atoms with Crippen LogP contribution in [-0.2, 0) is 0 Å². The summed E-state index contributed by atoms with van der Waals surface area (Å²) < 4.78 is 0. The predicted octanol–water partition coefficient (Wildman–Crippen LogP) is 4.98. The number of anilines is 2. The number of aromatic nitrogens is 1. The normalized spacial score (nSPS) is 11.0. The highest BCUT2D eigenvalue weighted by Crippen LogP contribution is 2.25. The number of rotatable bonds is 5. The molecule has 0 aliphatic carbocycles. The Kier molecular flexibility index (Phi) is 5.13. The van der Waals surface area contributed by atoms with Crippen LogP contribution in [0, 0.1) is 0 Å². The van der Waals surface area contributed by atoms with E-state index in [1.54, 1.807) is 6.21 Å². The van der Waals surface area contributed by atoms with Gasteiger partial charge in [-0.1, -0.05) is 41.9 Å². The molecule has 1 aromatic heterocycles. The van der Waals surface area contributed by atoms with Crippen LogP contribution in [0.3, 0.4) is 0 Å². The number of hydrogen-bond donors (Lipinski definition) is 1. The lowest BCUT2D eigenvalue weighted by molar-refractivity contribution is 1.13. The maximum atomic E-state index is 6.28. The quantitative estimate of drug-likeness (QED) is 0.518. The molecular formula is C18H17ClN4S. The molecule has 2 aromatic carbocycles. The zero-order valence-corrected chi connectivity index (χ0v) is 15.0. The van der Waals surface area contributed by atoms with E-state index in [4.69, 9.17) is 11.6 Å². The molecule has 0 amide bonds. The summed E-state index contributed by atoms with van der Waals surface area (Å²) in [6.45, 7) is 0. The van der Waals surface area contributed by atoms with E-state index >= 15 is 0 Å². The van der Waals surface area contributed by atoms with Crippen molar-refractivity contribution in [3.05, 3.63) is 64.5 Å². The fourth-order valence-electron chi connectivity index (χ4n) is 2.12. The molecule has 0 saturated carbocycles. The average molecular weight is 357 g/mol. The second-order valence-electron chi connectivity index (χ2n) is 5.37. The molecule has 3 rings (SSSR count). The minimum Gasteiger partial charge on any atom is -0.378 e. The molecule has 24 heavy (non-hydrogen) atoms. The molecule has 0 aliphatic heterocycles. The number of nitrogens with zero attached hydrogens (tertiary/aromatic N) is 3. The first-order valence-corrected chi connectivity index (χ1v) is 8.66. The first-order valence-electron chi connectivity index (χ1n) is 7.40. The summed E-state index contributed by atoms with van der Waals surface area (Å²) >= 11 is 7.80. The topological polar surface area (TPSA) is 40.5 Å². The molecule has 0 aliphatic rings. The maximum Gasteiger partial charge on any atom is 0.203 e. The largest absolute Gasteiger partial charge is 0.378 e. The Balaban J connectivity index is 1.68. The van der Waals surface area contributed by atoms with E-state index in [2.05, 4.69) is 15.5 Å². The van der Waals surface area contributed by atoms with Gasteiger partial charge in [-0.15, -0.1) is 11.3 Å². The van der Waals surface area contributed by atoms with Crippen LogP contribution < -0.4 is 10.3 Å². The number of nitrogens with one attached hydrogen (secondary N) is 1. The molecule has 0 bridgehead atoms. The Bertz CT molecular complexity index is 843. The summed E-state index contributed by atoms with van der Waals surface area (Å²) in [5.41, 5.74) is 6.89. The molecule has 0 atom stereocenters. The van der Waals surface area contributed by atoms with Gasteiger partial charge in [-0.05, 0) is 18.2 Å². The summed E-state index contributed by atoms with van der Waals surface area (Å²) in [6, 6.07) is 15.9. The van der Waals surface area contributed by atoms with Crippen molar-refractivity contribution in [1.29, 1.82) is 0 Å². The number of hydrazone groups is 1. The van der Waals surface area contributed by atoms with Crippen LogP contribution in [0.25, 0.3) is 11.3 Å². The van der Waals surface area contributed by atoms with Crippen LogP contribution >= 0.6 is 22.9 Å². The summed E-state index contributed by atoms with van der Waals surface area (Å²) in [4.78, 5) is 6.53. The van der Waals surface area contributed by atoms with Crippen molar-refractivity contribution in [2.24, 2.45) is 5.10 Å². The minimum atomic E-state index is 0.663. The zero-order valence-electron chi connectivity index (χ0n) is 13.4. The third-order valence-electron chi connectivity index (χ3n) is 3.44. The number of thiazole rings is 1. The standard InChI is InChI=1S/C18H17ClN4S/c1-23(2)15-9-8-14(16(19)10-15)11-20-22-18-21-17(12-24-18)13-6-4-3-5-7-13/h3-12H,1-2H3,(H,21,22). The van der Waals surface area contributed by atoms with Gasteiger partial charge in [-0.25, -0.2) is 4.98 Å². The van der Waals surface area contributed by atoms with Gasteiger partial charge in [0.1, 0.15) is 0 Å². The number of halogens is 1. The molecule has 1 heterocycles. The lowest BCUT2D eigenvalue weighted by Gasteiger charge is -2.12. The lowest BCUT2D eigenvalue weighted by atomic mass is 10.2. The molecule has 0 fully saturated rings. The maximum absolute atomic E-state index is 6.28. The molecular weight excluding hydrogens is 340 g/mol. The van der Waals surface area contributed by atoms with Crippen LogP contribution in [0.15, 0.2) is 59.0 Å². The van der Waals surface area contributed by atoms with E-state index in [1.807, 2.05) is 72.9 Å². The van der Waals surface area contributed by atoms with Crippen molar-refractivity contribution in [1.82, 2.24) is 4.98 Å². The molecule has 122 valence electrons. The second kappa shape index (κ2) is 7.47. The molecule has 3 aromatic rings. The van der Waals surface area contributed by atoms with Gasteiger partial charge in [0.05, 0.1) is 16.9 Å². The highest BCUT2D eigenvalue weighted by atomic mass is 35.5. The Hall–Kier alpha value is -2.37. The van der Waals surface area contributed by atoms with E-state index in [0.717, 1.165) is 27.6 Å². The molecule has 6 heteroatoms. The van der Waals surface area contributed by atoms with Gasteiger partial charge < -0.3 is 4.90 Å². The van der Waals surface area contributed by atoms with E-state index < -0.39 is 0 Å². The second-order valence-corrected chi connectivity index (χ2v) is 6.64. The Labute approximate surface area is 150 Å². The van der Waals surface area contributed by atoms with Gasteiger partial charge in [0, 0.05) is 36.3 Å². The molecule has 0 radical (unpaired) electrons. The van der Waals surface area contributed by atoms with Crippen molar-refractivity contribution in [3.8, 4) is 11.3 Å². The van der Waals surface area contributed by atoms with Gasteiger partial charge in [-0.2, -0.15) is 5.10 Å². The monoisotopic (exact) mass is 356 g/mol. The summed E-state index contributed by atoms with van der Waals surface area (Å²) in [7, 11) is 3.96. The molecule has 0 spiro atoms. The fourth-order valence-corrected chi connectivity index (χ4v) is 3.01. The molecule has 0 saturated heterocycles. The van der Waals surface area contributed by atoms with Crippen molar-refractivity contribution >= 4 is 40.0 Å². The van der Waals surface area contributed by atoms with Crippen LogP contribution in [0.4, 0.5) is 10.8 Å². The summed E-state index contributed by atoms with van der Waals surface area (Å²) in [5.74, 6) is 0. The van der Waals surface area contributed by atoms with Gasteiger partial charge in [0.25, 0.3) is 0 Å². The van der Waals surface area contributed by atoms with Crippen LogP contribution in [-0.4, -0.2) is 25.3 Å². The lowest BCUT2D eigenvalue weighted by Crippen LogP contribution is -2.08. The Morgan fingerprint density at radius 3 is 2.67 bits per heavy atom. The molecule has 0 unspecified atom stereocenters. The fraction of sp³-hybridized carbons (Fsp3) is 0.111. The first-order chi connectivity index (χ1) is 11.6. The van der Waals surface area contributed by atoms with Crippen molar-refractivity contribution < 1.29 is 0 Å². The third kappa shape index (κ3) is 3.93. The van der Waals surface area contributed by atoms with Gasteiger partial charge in [0.2, 0.25) is 5.13 Å². The highest BCUT2D eigenvalue weighted by molar-refractivity contribution is 7.14. The van der Waals surface area contributed by atoms with E-state index in [9.17, 15) is 0 Å². The van der Waals surface area contributed by atoms with E-state index in [1.165, 1.54) is 11.3 Å². The number of hydrogen-bond acceptors (Lipinski definition) is 5. The Morgan fingerprint density at radius 1 is 1.17 bits per heavy atom. The van der Waals surface area contributed by atoms with Gasteiger partial charge in [-0.3, -0.25) is 5.43 Å². The molecule has 1 N–H and O–H groups in total. The van der Waals surface area contributed by atoms with Gasteiger partial charge >= 0.3 is 0 Å². The predicted molar refractivity (Wildman–Crippen MR) is 105 cm³/mol. The van der Waals surface area contributed by atoms with Gasteiger partial charge in [0.15, 0.2) is 0 Å².